The second kappa shape index (κ2) is 4.94. The highest BCUT2D eigenvalue weighted by Crippen LogP contribution is 2.20. The number of pyridine rings is 1. The van der Waals surface area contributed by atoms with Crippen LogP contribution in [0.2, 0.25) is 0 Å². The van der Waals surface area contributed by atoms with Gasteiger partial charge in [0.15, 0.2) is 17.3 Å². The molecule has 0 radical (unpaired) electrons. The third-order valence-corrected chi connectivity index (χ3v) is 4.25. The highest BCUT2D eigenvalue weighted by Gasteiger charge is 2.25. The van der Waals surface area contributed by atoms with Crippen molar-refractivity contribution in [3.8, 4) is 5.69 Å². The quantitative estimate of drug-likeness (QED) is 0.628. The molecule has 0 atom stereocenters. The lowest BCUT2D eigenvalue weighted by Crippen LogP contribution is -2.31. The van der Waals surface area contributed by atoms with Crippen molar-refractivity contribution in [2.24, 2.45) is 0 Å². The Kier molecular flexibility index (Phi) is 3.61. The van der Waals surface area contributed by atoms with Crippen LogP contribution in [0.3, 0.4) is 0 Å². The minimum atomic E-state index is -4.54. The van der Waals surface area contributed by atoms with Crippen molar-refractivity contribution >= 4 is 20.2 Å². The van der Waals surface area contributed by atoms with E-state index < -0.39 is 30.0 Å². The monoisotopic (exact) mass is 316 g/mol. The van der Waals surface area contributed by atoms with Gasteiger partial charge in [-0.2, -0.15) is 21.4 Å². The Labute approximate surface area is 115 Å². The fourth-order valence-electron chi connectivity index (χ4n) is 1.64. The van der Waals surface area contributed by atoms with Gasteiger partial charge in [-0.1, -0.05) is 6.07 Å². The van der Waals surface area contributed by atoms with Crippen molar-refractivity contribution in [3.63, 3.8) is 0 Å². The summed E-state index contributed by atoms with van der Waals surface area (Å²) in [4.78, 5) is -0.947. The zero-order valence-electron chi connectivity index (χ0n) is 9.91. The molecule has 2 aromatic rings. The van der Waals surface area contributed by atoms with E-state index in [4.69, 9.17) is 4.55 Å². The van der Waals surface area contributed by atoms with Crippen LogP contribution < -0.4 is 4.57 Å². The molecule has 9 heteroatoms. The fourth-order valence-corrected chi connectivity index (χ4v) is 2.81. The molecule has 106 valence electrons. The van der Waals surface area contributed by atoms with Crippen LogP contribution in [0.25, 0.3) is 5.69 Å². The molecule has 1 aromatic carbocycles. The van der Waals surface area contributed by atoms with E-state index in [1.54, 1.807) is 18.2 Å². The molecule has 0 saturated carbocycles. The van der Waals surface area contributed by atoms with E-state index in [1.807, 2.05) is 0 Å². The lowest BCUT2D eigenvalue weighted by Gasteiger charge is -2.04. The molecule has 7 nitrogen and oxygen atoms in total. The summed E-state index contributed by atoms with van der Waals surface area (Å²) in [5.41, 5.74) is -0.0942. The van der Waals surface area contributed by atoms with Crippen LogP contribution in [0.15, 0.2) is 58.6 Å². The average molecular weight is 316 g/mol. The maximum atomic E-state index is 11.3. The molecule has 1 heterocycles. The number of rotatable bonds is 3. The smallest absolute Gasteiger partial charge is 0.282 e. The summed E-state index contributed by atoms with van der Waals surface area (Å²) in [5.74, 6) is 0. The normalized spacial score (nSPS) is 12.3. The molecule has 0 spiro atoms. The highest BCUT2D eigenvalue weighted by molar-refractivity contribution is 7.86. The summed E-state index contributed by atoms with van der Waals surface area (Å²) in [5, 5.41) is 0. The van der Waals surface area contributed by atoms with Crippen LogP contribution in [0.5, 0.6) is 0 Å². The van der Waals surface area contributed by atoms with E-state index in [2.05, 4.69) is 0 Å². The van der Waals surface area contributed by atoms with Crippen LogP contribution in [-0.4, -0.2) is 25.9 Å². The first-order valence-electron chi connectivity index (χ1n) is 5.25. The first kappa shape index (κ1) is 14.6. The minimum Gasteiger partial charge on any atom is -0.282 e. The summed E-state index contributed by atoms with van der Waals surface area (Å²) in [7, 11) is -9.03. The van der Waals surface area contributed by atoms with Gasteiger partial charge in [-0.15, -0.1) is 0 Å². The van der Waals surface area contributed by atoms with Crippen LogP contribution in [0, 0.1) is 0 Å². The van der Waals surface area contributed by atoms with Gasteiger partial charge in [-0.05, 0) is 12.1 Å². The van der Waals surface area contributed by atoms with Crippen molar-refractivity contribution < 1.29 is 30.5 Å². The number of hydrogen-bond acceptors (Lipinski definition) is 4. The zero-order valence-corrected chi connectivity index (χ0v) is 11.5. The predicted molar refractivity (Wildman–Crippen MR) is 67.6 cm³/mol. The molecule has 0 bridgehead atoms. The Bertz CT molecular complexity index is 844. The lowest BCUT2D eigenvalue weighted by atomic mass is 10.3. The molecule has 0 fully saturated rings. The second-order valence-electron chi connectivity index (χ2n) is 3.86. The van der Waals surface area contributed by atoms with Gasteiger partial charge in [0, 0.05) is 18.2 Å². The molecule has 2 rings (SSSR count). The van der Waals surface area contributed by atoms with E-state index in [-0.39, 0.29) is 5.69 Å². The van der Waals surface area contributed by atoms with Crippen LogP contribution in [0.1, 0.15) is 0 Å². The Hall–Kier alpha value is -1.81. The van der Waals surface area contributed by atoms with E-state index in [0.29, 0.717) is 0 Å². The third-order valence-electron chi connectivity index (χ3n) is 2.50. The molecule has 0 unspecified atom stereocenters. The molecule has 0 aliphatic heterocycles. The number of aromatic nitrogens is 1. The number of hydrogen-bond donors (Lipinski definition) is 2. The van der Waals surface area contributed by atoms with Gasteiger partial charge < -0.3 is 0 Å². The Balaban J connectivity index is 2.81. The van der Waals surface area contributed by atoms with Gasteiger partial charge in [0.2, 0.25) is 5.69 Å². The highest BCUT2D eigenvalue weighted by atomic mass is 32.2. The first-order chi connectivity index (χ1) is 9.19. The average Bonchev–Trinajstić information content (AvgIpc) is 2.37. The van der Waals surface area contributed by atoms with Crippen molar-refractivity contribution in [1.29, 1.82) is 0 Å². The zero-order chi connectivity index (χ0) is 15.0. The summed E-state index contributed by atoms with van der Waals surface area (Å²) in [6, 6.07) is 7.62. The summed E-state index contributed by atoms with van der Waals surface area (Å²) in [6.45, 7) is 0. The molecular weight excluding hydrogens is 306 g/mol. The maximum absolute atomic E-state index is 11.3. The van der Waals surface area contributed by atoms with Crippen molar-refractivity contribution in [3.05, 3.63) is 48.8 Å². The summed E-state index contributed by atoms with van der Waals surface area (Å²) in [6.07, 6.45) is 2.94. The van der Waals surface area contributed by atoms with Gasteiger partial charge in [-0.3, -0.25) is 9.11 Å². The van der Waals surface area contributed by atoms with E-state index >= 15 is 0 Å². The second-order valence-corrected chi connectivity index (χ2v) is 6.67. The van der Waals surface area contributed by atoms with Gasteiger partial charge in [0.05, 0.1) is 0 Å². The number of benzene rings is 1. The van der Waals surface area contributed by atoms with Gasteiger partial charge >= 0.3 is 10.1 Å². The summed E-state index contributed by atoms with van der Waals surface area (Å²) >= 11 is 0. The standard InChI is InChI=1S/C11H9NO6S2/c13-19(14,15)9-4-5-11(20(16,17)18)10(8-9)12-6-2-1-3-7-12/h1-8H,(H-,13,14,15,16,17,18)/p+1. The maximum Gasteiger partial charge on any atom is 0.301 e. The van der Waals surface area contributed by atoms with E-state index in [0.717, 1.165) is 18.2 Å². The SMILES string of the molecule is O=S(=O)(O)c1ccc(S(=O)(=O)O)c(-[n+]2ccccc2)c1. The van der Waals surface area contributed by atoms with E-state index in [1.165, 1.54) is 17.0 Å². The fraction of sp³-hybridized carbons (Fsp3) is 0. The van der Waals surface area contributed by atoms with Crippen molar-refractivity contribution in [1.82, 2.24) is 0 Å². The largest absolute Gasteiger partial charge is 0.301 e. The molecule has 2 N–H and O–H groups in total. The van der Waals surface area contributed by atoms with Gasteiger partial charge in [0.25, 0.3) is 10.1 Å². The van der Waals surface area contributed by atoms with E-state index in [9.17, 15) is 21.4 Å². The Morgan fingerprint density at radius 1 is 0.850 bits per heavy atom. The molecule has 0 aliphatic carbocycles. The first-order valence-corrected chi connectivity index (χ1v) is 8.13. The van der Waals surface area contributed by atoms with Gasteiger partial charge in [0.1, 0.15) is 4.90 Å². The Morgan fingerprint density at radius 2 is 1.45 bits per heavy atom. The molecular formula is C11H10NO6S2+. The van der Waals surface area contributed by atoms with Crippen molar-refractivity contribution in [2.75, 3.05) is 0 Å². The molecule has 1 aromatic heterocycles. The minimum absolute atomic E-state index is 0.0942. The van der Waals surface area contributed by atoms with Crippen LogP contribution in [0.4, 0.5) is 0 Å². The lowest BCUT2D eigenvalue weighted by molar-refractivity contribution is -0.598. The van der Waals surface area contributed by atoms with Crippen molar-refractivity contribution in [2.45, 2.75) is 9.79 Å². The summed E-state index contributed by atoms with van der Waals surface area (Å²) < 4.78 is 64.3. The predicted octanol–water partition coefficient (Wildman–Crippen LogP) is 0.457. The third kappa shape index (κ3) is 3.02. The Morgan fingerprint density at radius 3 is 1.95 bits per heavy atom. The van der Waals surface area contributed by atoms with Gasteiger partial charge in [-0.25, -0.2) is 0 Å². The molecule has 0 amide bonds. The molecule has 20 heavy (non-hydrogen) atoms. The molecule has 0 aliphatic rings. The topological polar surface area (TPSA) is 113 Å². The number of nitrogens with zero attached hydrogens (tertiary/aromatic N) is 1. The van der Waals surface area contributed by atoms with Crippen LogP contribution in [-0.2, 0) is 20.2 Å². The van der Waals surface area contributed by atoms with Crippen LogP contribution >= 0.6 is 0 Å². The molecule has 0 saturated heterocycles.